The highest BCUT2D eigenvalue weighted by Crippen LogP contribution is 2.31. The van der Waals surface area contributed by atoms with Crippen LogP contribution in [0.15, 0.2) is 72.8 Å². The first-order valence-electron chi connectivity index (χ1n) is 12.0. The Morgan fingerprint density at radius 3 is 2.25 bits per heavy atom. The van der Waals surface area contributed by atoms with Crippen molar-refractivity contribution in [3.05, 3.63) is 99.6 Å². The lowest BCUT2D eigenvalue weighted by molar-refractivity contribution is -0.503. The molecule has 0 bridgehead atoms. The van der Waals surface area contributed by atoms with Crippen LogP contribution in [-0.4, -0.2) is 66.1 Å². The number of rotatable bonds is 8. The maximum absolute atomic E-state index is 13.6. The second kappa shape index (κ2) is 11.6. The molecule has 4 rings (SSSR count). The first kappa shape index (κ1) is 29.0. The SMILES string of the molecule is O=C(c1cc(-c2ccccc2)ccc1C([N+](=O)[O-])S(=O)(=O)O)N1CCN(Cc2cccc(OC(F)(F)F)c2)CC1. The van der Waals surface area contributed by atoms with Crippen molar-refractivity contribution in [2.75, 3.05) is 26.2 Å². The maximum Gasteiger partial charge on any atom is 0.573 e. The second-order valence-corrected chi connectivity index (χ2v) is 10.6. The van der Waals surface area contributed by atoms with Gasteiger partial charge in [-0.15, -0.1) is 13.2 Å². The molecule has 1 aliphatic heterocycles. The van der Waals surface area contributed by atoms with Gasteiger partial charge in [-0.3, -0.25) is 24.4 Å². The van der Waals surface area contributed by atoms with E-state index in [0.29, 0.717) is 29.8 Å². The van der Waals surface area contributed by atoms with Crippen LogP contribution in [0.1, 0.15) is 26.9 Å². The van der Waals surface area contributed by atoms with Crippen LogP contribution < -0.4 is 4.74 Å². The summed E-state index contributed by atoms with van der Waals surface area (Å²) in [4.78, 5) is 27.4. The van der Waals surface area contributed by atoms with Crippen molar-refractivity contribution >= 4 is 16.0 Å². The molecular weight excluding hydrogens is 555 g/mol. The Kier molecular flexibility index (Phi) is 8.42. The van der Waals surface area contributed by atoms with Gasteiger partial charge in [0.25, 0.3) is 5.91 Å². The number of hydrogen-bond donors (Lipinski definition) is 1. The summed E-state index contributed by atoms with van der Waals surface area (Å²) in [6, 6.07) is 18.3. The Morgan fingerprint density at radius 1 is 0.975 bits per heavy atom. The summed E-state index contributed by atoms with van der Waals surface area (Å²) in [6.45, 7) is 1.29. The summed E-state index contributed by atoms with van der Waals surface area (Å²) in [7, 11) is -5.20. The number of hydrogen-bond acceptors (Lipinski definition) is 7. The Bertz CT molecular complexity index is 1490. The van der Waals surface area contributed by atoms with Crippen LogP contribution in [0.25, 0.3) is 11.1 Å². The topological polar surface area (TPSA) is 130 Å². The molecule has 1 unspecified atom stereocenters. The predicted octanol–water partition coefficient (Wildman–Crippen LogP) is 4.37. The minimum Gasteiger partial charge on any atom is -0.406 e. The van der Waals surface area contributed by atoms with Crippen LogP contribution in [0.5, 0.6) is 5.75 Å². The van der Waals surface area contributed by atoms with Crippen molar-refractivity contribution in [2.24, 2.45) is 0 Å². The van der Waals surface area contributed by atoms with Crippen molar-refractivity contribution in [3.63, 3.8) is 0 Å². The number of nitro groups is 1. The summed E-state index contributed by atoms with van der Waals surface area (Å²) in [5, 5.41) is 9.08. The molecule has 1 N–H and O–H groups in total. The Balaban J connectivity index is 1.55. The number of nitrogens with zero attached hydrogens (tertiary/aromatic N) is 3. The van der Waals surface area contributed by atoms with E-state index < -0.39 is 38.2 Å². The minimum absolute atomic E-state index is 0.168. The van der Waals surface area contributed by atoms with Crippen molar-refractivity contribution in [3.8, 4) is 16.9 Å². The van der Waals surface area contributed by atoms with Crippen molar-refractivity contribution in [2.45, 2.75) is 18.3 Å². The standard InChI is InChI=1S/C26H24F3N3O7S/c27-26(28,29)39-21-8-4-5-18(15-21)17-30-11-13-31(14-12-30)24(33)23-16-20(19-6-2-1-3-7-19)9-10-22(23)25(32(34)35)40(36,37)38/h1-10,15-16,25H,11-14,17H2,(H,36,37,38). The Morgan fingerprint density at radius 2 is 1.65 bits per heavy atom. The molecular formula is C26H24F3N3O7S. The van der Waals surface area contributed by atoms with E-state index in [1.165, 1.54) is 35.2 Å². The van der Waals surface area contributed by atoms with Crippen LogP contribution >= 0.6 is 0 Å². The van der Waals surface area contributed by atoms with Crippen LogP contribution in [-0.2, 0) is 16.7 Å². The normalized spacial score (nSPS) is 15.4. The molecule has 1 atom stereocenters. The predicted molar refractivity (Wildman–Crippen MR) is 137 cm³/mol. The summed E-state index contributed by atoms with van der Waals surface area (Å²) in [5.41, 5.74) is 1.09. The van der Waals surface area contributed by atoms with Crippen LogP contribution in [0.3, 0.4) is 0 Å². The van der Waals surface area contributed by atoms with Crippen molar-refractivity contribution in [1.82, 2.24) is 9.80 Å². The van der Waals surface area contributed by atoms with E-state index in [4.69, 9.17) is 0 Å². The van der Waals surface area contributed by atoms with Crippen molar-refractivity contribution in [1.29, 1.82) is 0 Å². The second-order valence-electron chi connectivity index (χ2n) is 9.08. The van der Waals surface area contributed by atoms with Gasteiger partial charge in [0.2, 0.25) is 0 Å². The number of carbonyl (C=O) groups excluding carboxylic acids is 1. The largest absolute Gasteiger partial charge is 0.573 e. The van der Waals surface area contributed by atoms with E-state index in [9.17, 15) is 41.1 Å². The average Bonchev–Trinajstić information content (AvgIpc) is 2.88. The van der Waals surface area contributed by atoms with Gasteiger partial charge in [0.05, 0.1) is 11.1 Å². The zero-order chi connectivity index (χ0) is 29.1. The van der Waals surface area contributed by atoms with Gasteiger partial charge in [0.15, 0.2) is 0 Å². The third kappa shape index (κ3) is 7.14. The molecule has 14 heteroatoms. The van der Waals surface area contributed by atoms with Crippen molar-refractivity contribution < 1.29 is 40.6 Å². The van der Waals surface area contributed by atoms with E-state index >= 15 is 0 Å². The molecule has 1 heterocycles. The van der Waals surface area contributed by atoms with Crippen LogP contribution in [0, 0.1) is 10.1 Å². The molecule has 1 fully saturated rings. The van der Waals surface area contributed by atoms with E-state index in [-0.39, 0.29) is 30.9 Å². The number of benzene rings is 3. The molecule has 1 saturated heterocycles. The smallest absolute Gasteiger partial charge is 0.406 e. The lowest BCUT2D eigenvalue weighted by atomic mass is 9.98. The molecule has 10 nitrogen and oxygen atoms in total. The first-order chi connectivity index (χ1) is 18.8. The molecule has 0 spiro atoms. The number of piperazine rings is 1. The van der Waals surface area contributed by atoms with Gasteiger partial charge < -0.3 is 9.64 Å². The molecule has 0 saturated carbocycles. The summed E-state index contributed by atoms with van der Waals surface area (Å²) in [5.74, 6) is -0.993. The highest BCUT2D eigenvalue weighted by Gasteiger charge is 2.40. The number of amides is 1. The van der Waals surface area contributed by atoms with Gasteiger partial charge in [0.1, 0.15) is 5.75 Å². The molecule has 212 valence electrons. The molecule has 0 aromatic heterocycles. The zero-order valence-electron chi connectivity index (χ0n) is 20.8. The lowest BCUT2D eigenvalue weighted by Gasteiger charge is -2.35. The van der Waals surface area contributed by atoms with Gasteiger partial charge in [-0.05, 0) is 41.0 Å². The van der Waals surface area contributed by atoms with Crippen LogP contribution in [0.4, 0.5) is 13.2 Å². The fourth-order valence-electron chi connectivity index (χ4n) is 4.53. The molecule has 40 heavy (non-hydrogen) atoms. The third-order valence-corrected chi connectivity index (χ3v) is 7.32. The van der Waals surface area contributed by atoms with E-state index in [0.717, 1.165) is 6.07 Å². The quantitative estimate of drug-likeness (QED) is 0.237. The summed E-state index contributed by atoms with van der Waals surface area (Å²) in [6.07, 6.45) is -4.81. The highest BCUT2D eigenvalue weighted by atomic mass is 32.2. The van der Waals surface area contributed by atoms with Crippen LogP contribution in [0.2, 0.25) is 0 Å². The van der Waals surface area contributed by atoms with Gasteiger partial charge >= 0.3 is 21.9 Å². The molecule has 3 aromatic rings. The van der Waals surface area contributed by atoms with E-state index in [1.807, 2.05) is 4.90 Å². The van der Waals surface area contributed by atoms with Gasteiger partial charge in [-0.2, -0.15) is 8.42 Å². The number of ether oxygens (including phenoxy) is 1. The van der Waals surface area contributed by atoms with Gasteiger partial charge in [-0.1, -0.05) is 48.5 Å². The third-order valence-electron chi connectivity index (χ3n) is 6.33. The highest BCUT2D eigenvalue weighted by molar-refractivity contribution is 7.85. The van der Waals surface area contributed by atoms with E-state index in [1.54, 1.807) is 36.4 Å². The number of alkyl halides is 3. The lowest BCUT2D eigenvalue weighted by Crippen LogP contribution is -2.48. The number of halogens is 3. The number of carbonyl (C=O) groups is 1. The summed E-state index contributed by atoms with van der Waals surface area (Å²) >= 11 is 0. The molecule has 1 amide bonds. The fraction of sp³-hybridized carbons (Fsp3) is 0.269. The Hall–Kier alpha value is -4.01. The zero-order valence-corrected chi connectivity index (χ0v) is 21.6. The maximum atomic E-state index is 13.6. The summed E-state index contributed by atoms with van der Waals surface area (Å²) < 4.78 is 75.0. The fourth-order valence-corrected chi connectivity index (χ4v) is 5.27. The molecule has 0 radical (unpaired) electrons. The molecule has 3 aromatic carbocycles. The first-order valence-corrected chi connectivity index (χ1v) is 13.5. The molecule has 0 aliphatic carbocycles. The van der Waals surface area contributed by atoms with Gasteiger partial charge in [-0.25, -0.2) is 0 Å². The minimum atomic E-state index is -5.20. The Labute approximate surface area is 227 Å². The average molecular weight is 580 g/mol. The molecule has 1 aliphatic rings. The van der Waals surface area contributed by atoms with Gasteiger partial charge in [0, 0.05) is 37.6 Å². The monoisotopic (exact) mass is 579 g/mol. The van der Waals surface area contributed by atoms with E-state index in [2.05, 4.69) is 4.74 Å².